The molecular formula is C24H17Cl4OP. The number of benzene rings is 4. The van der Waals surface area contributed by atoms with Crippen molar-refractivity contribution in [2.75, 3.05) is 0 Å². The van der Waals surface area contributed by atoms with E-state index in [1.165, 1.54) is 0 Å². The molecular weight excluding hydrogens is 477 g/mol. The molecule has 0 atom stereocenters. The minimum absolute atomic E-state index is 0.400. The van der Waals surface area contributed by atoms with Crippen LogP contribution in [0.25, 0.3) is 0 Å². The van der Waals surface area contributed by atoms with Crippen molar-refractivity contribution < 1.29 is 4.89 Å². The second kappa shape index (κ2) is 8.17. The fourth-order valence-electron chi connectivity index (χ4n) is 4.00. The molecule has 6 heteroatoms. The first-order chi connectivity index (χ1) is 14.4. The molecule has 0 aromatic heterocycles. The van der Waals surface area contributed by atoms with Crippen LogP contribution >= 0.6 is 53.2 Å². The second-order valence-corrected chi connectivity index (χ2v) is 12.6. The molecule has 0 aliphatic rings. The normalized spacial score (nSPS) is 12.9. The Hall–Kier alpha value is -1.57. The average molecular weight is 494 g/mol. The SMILES string of the molecule is OP(c1ccccc1Cl)(c1ccccc1Cl)(c1ccccc1Cl)c1ccccc1Cl. The van der Waals surface area contributed by atoms with Gasteiger partial charge in [-0.3, -0.25) is 0 Å². The Morgan fingerprint density at radius 1 is 0.400 bits per heavy atom. The van der Waals surface area contributed by atoms with E-state index in [2.05, 4.69) is 0 Å². The molecule has 4 rings (SSSR count). The van der Waals surface area contributed by atoms with E-state index in [1.54, 1.807) is 24.3 Å². The van der Waals surface area contributed by atoms with Crippen LogP contribution in [-0.4, -0.2) is 4.89 Å². The standard InChI is InChI=1S/C24H17Cl4OP/c25-17-9-1-5-13-21(17)30(29,22-14-6-2-10-18(22)26,23-15-7-3-11-19(23)27)24-16-8-4-12-20(24)28/h1-16,29H. The quantitative estimate of drug-likeness (QED) is 0.328. The minimum atomic E-state index is -4.53. The van der Waals surface area contributed by atoms with E-state index in [9.17, 15) is 4.89 Å². The zero-order chi connectivity index (χ0) is 21.4. The van der Waals surface area contributed by atoms with Gasteiger partial charge in [-0.25, -0.2) is 0 Å². The molecule has 152 valence electrons. The fraction of sp³-hybridized carbons (Fsp3) is 0. The summed E-state index contributed by atoms with van der Waals surface area (Å²) in [7, 11) is 0. The van der Waals surface area contributed by atoms with Gasteiger partial charge in [0.1, 0.15) is 0 Å². The van der Waals surface area contributed by atoms with Crippen molar-refractivity contribution in [2.45, 2.75) is 0 Å². The summed E-state index contributed by atoms with van der Waals surface area (Å²) < 4.78 is 0. The Balaban J connectivity index is 2.37. The van der Waals surface area contributed by atoms with Crippen LogP contribution < -0.4 is 21.2 Å². The number of hydrogen-bond donors (Lipinski definition) is 1. The maximum atomic E-state index is 13.4. The summed E-state index contributed by atoms with van der Waals surface area (Å²) >= 11 is 27.0. The molecule has 0 bridgehead atoms. The van der Waals surface area contributed by atoms with Gasteiger partial charge in [0.05, 0.1) is 0 Å². The molecule has 0 unspecified atom stereocenters. The van der Waals surface area contributed by atoms with Crippen molar-refractivity contribution in [1.82, 2.24) is 0 Å². The van der Waals surface area contributed by atoms with Gasteiger partial charge < -0.3 is 0 Å². The topological polar surface area (TPSA) is 20.2 Å². The van der Waals surface area contributed by atoms with E-state index in [4.69, 9.17) is 46.4 Å². The number of hydrogen-bond acceptors (Lipinski definition) is 1. The molecule has 0 heterocycles. The molecule has 0 aliphatic carbocycles. The van der Waals surface area contributed by atoms with Gasteiger partial charge in [-0.1, -0.05) is 0 Å². The first kappa shape index (κ1) is 21.7. The Bertz CT molecular complexity index is 1050. The van der Waals surface area contributed by atoms with E-state index in [0.717, 1.165) is 0 Å². The number of halogens is 4. The summed E-state index contributed by atoms with van der Waals surface area (Å²) in [6.07, 6.45) is 0. The van der Waals surface area contributed by atoms with Crippen molar-refractivity contribution >= 4 is 74.5 Å². The molecule has 1 N–H and O–H groups in total. The van der Waals surface area contributed by atoms with Gasteiger partial charge in [-0.05, 0) is 0 Å². The predicted molar refractivity (Wildman–Crippen MR) is 133 cm³/mol. The predicted octanol–water partition coefficient (Wildman–Crippen LogP) is 6.36. The number of rotatable bonds is 4. The molecule has 0 aliphatic heterocycles. The van der Waals surface area contributed by atoms with Crippen LogP contribution in [0.2, 0.25) is 20.1 Å². The van der Waals surface area contributed by atoms with Crippen LogP contribution in [-0.2, 0) is 0 Å². The van der Waals surface area contributed by atoms with Crippen LogP contribution in [0.5, 0.6) is 0 Å². The monoisotopic (exact) mass is 492 g/mol. The Kier molecular flexibility index (Phi) is 5.90. The van der Waals surface area contributed by atoms with E-state index >= 15 is 0 Å². The van der Waals surface area contributed by atoms with Crippen LogP contribution in [0.15, 0.2) is 97.1 Å². The molecule has 4 aromatic carbocycles. The molecule has 0 radical (unpaired) electrons. The van der Waals surface area contributed by atoms with Crippen molar-refractivity contribution in [3.05, 3.63) is 117 Å². The third-order valence-electron chi connectivity index (χ3n) is 5.29. The van der Waals surface area contributed by atoms with Crippen LogP contribution in [0, 0.1) is 0 Å². The summed E-state index contributed by atoms with van der Waals surface area (Å²) in [6, 6.07) is 28.9. The molecule has 0 saturated heterocycles. The van der Waals surface area contributed by atoms with Gasteiger partial charge in [0.2, 0.25) is 0 Å². The van der Waals surface area contributed by atoms with Crippen molar-refractivity contribution in [3.63, 3.8) is 0 Å². The van der Waals surface area contributed by atoms with Gasteiger partial charge in [-0.2, -0.15) is 0 Å². The first-order valence-electron chi connectivity index (χ1n) is 9.16. The second-order valence-electron chi connectivity index (χ2n) is 6.88. The van der Waals surface area contributed by atoms with Crippen molar-refractivity contribution in [3.8, 4) is 0 Å². The summed E-state index contributed by atoms with van der Waals surface area (Å²) in [5, 5.41) is 3.71. The van der Waals surface area contributed by atoms with E-state index in [1.807, 2.05) is 72.8 Å². The van der Waals surface area contributed by atoms with Gasteiger partial charge in [0, 0.05) is 0 Å². The van der Waals surface area contributed by atoms with Crippen molar-refractivity contribution in [1.29, 1.82) is 0 Å². The Labute approximate surface area is 195 Å². The van der Waals surface area contributed by atoms with Crippen LogP contribution in [0.3, 0.4) is 0 Å². The molecule has 0 fully saturated rings. The molecule has 4 aromatic rings. The molecule has 0 amide bonds. The summed E-state index contributed by atoms with van der Waals surface area (Å²) in [6.45, 7) is -4.53. The fourth-order valence-corrected chi connectivity index (χ4v) is 11.5. The molecule has 0 spiro atoms. The first-order valence-corrected chi connectivity index (χ1v) is 12.9. The summed E-state index contributed by atoms with van der Waals surface area (Å²) in [4.78, 5) is 13.4. The third-order valence-corrected chi connectivity index (χ3v) is 12.4. The summed E-state index contributed by atoms with van der Waals surface area (Å²) in [5.74, 6) is 0. The average Bonchev–Trinajstić information content (AvgIpc) is 2.75. The van der Waals surface area contributed by atoms with Crippen molar-refractivity contribution in [2.24, 2.45) is 0 Å². The van der Waals surface area contributed by atoms with Gasteiger partial charge >= 0.3 is 196 Å². The van der Waals surface area contributed by atoms with Gasteiger partial charge in [0.25, 0.3) is 0 Å². The molecule has 1 nitrogen and oxygen atoms in total. The zero-order valence-electron chi connectivity index (χ0n) is 15.6. The van der Waals surface area contributed by atoms with Gasteiger partial charge in [-0.15, -0.1) is 0 Å². The van der Waals surface area contributed by atoms with E-state index in [-0.39, 0.29) is 0 Å². The summed E-state index contributed by atoms with van der Waals surface area (Å²) in [5.41, 5.74) is 0. The van der Waals surface area contributed by atoms with Gasteiger partial charge in [0.15, 0.2) is 0 Å². The zero-order valence-corrected chi connectivity index (χ0v) is 19.6. The molecule has 0 saturated carbocycles. The molecule has 30 heavy (non-hydrogen) atoms. The van der Waals surface area contributed by atoms with E-state index in [0.29, 0.717) is 41.3 Å². The third kappa shape index (κ3) is 3.09. The van der Waals surface area contributed by atoms with Crippen LogP contribution in [0.1, 0.15) is 0 Å². The van der Waals surface area contributed by atoms with Crippen LogP contribution in [0.4, 0.5) is 0 Å². The van der Waals surface area contributed by atoms with E-state index < -0.39 is 6.83 Å². The Morgan fingerprint density at radius 2 is 0.600 bits per heavy atom. The maximum absolute atomic E-state index is 13.4. The Morgan fingerprint density at radius 3 is 0.800 bits per heavy atom.